The van der Waals surface area contributed by atoms with Crippen LogP contribution in [-0.4, -0.2) is 10.2 Å². The minimum Gasteiger partial charge on any atom is -0.373 e. The quantitative estimate of drug-likeness (QED) is 0.610. The monoisotopic (exact) mass is 111 g/mol. The first-order valence-corrected chi connectivity index (χ1v) is 2.29. The molecule has 0 aromatic carbocycles. The van der Waals surface area contributed by atoms with Crippen LogP contribution in [0.2, 0.25) is 0 Å². The van der Waals surface area contributed by atoms with E-state index in [1.807, 2.05) is 6.07 Å². The van der Waals surface area contributed by atoms with E-state index in [9.17, 15) is 0 Å². The molecule has 3 nitrogen and oxygen atoms in total. The summed E-state index contributed by atoms with van der Waals surface area (Å²) >= 11 is 0. The first-order valence-electron chi connectivity index (χ1n) is 2.29. The second-order valence-electron chi connectivity index (χ2n) is 1.41. The molecule has 1 aromatic heterocycles. The number of aromatic amines is 1. The number of hydrogen-bond donors (Lipinski definition) is 1. The minimum absolute atomic E-state index is 0.476. The molecule has 0 aliphatic rings. The van der Waals surface area contributed by atoms with Crippen LogP contribution in [0.1, 0.15) is 5.69 Å². The van der Waals surface area contributed by atoms with Crippen LogP contribution in [0, 0.1) is 7.11 Å². The summed E-state index contributed by atoms with van der Waals surface area (Å²) in [7, 11) is 3.21. The number of H-pyrrole nitrogens is 1. The van der Waals surface area contributed by atoms with Crippen LogP contribution >= 0.6 is 0 Å². The van der Waals surface area contributed by atoms with Gasteiger partial charge in [0.05, 0.1) is 19.4 Å². The van der Waals surface area contributed by atoms with Gasteiger partial charge in [-0.3, -0.25) is 5.10 Å². The highest BCUT2D eigenvalue weighted by atomic mass is 16.5. The maximum absolute atomic E-state index is 4.55. The van der Waals surface area contributed by atoms with Gasteiger partial charge in [-0.15, -0.1) is 0 Å². The van der Waals surface area contributed by atoms with Crippen molar-refractivity contribution in [2.75, 3.05) is 0 Å². The molecule has 43 valence electrons. The summed E-state index contributed by atoms with van der Waals surface area (Å²) in [6.45, 7) is 0.476. The van der Waals surface area contributed by atoms with Gasteiger partial charge in [0.25, 0.3) is 0 Å². The van der Waals surface area contributed by atoms with E-state index in [0.29, 0.717) is 6.61 Å². The molecule has 0 unspecified atom stereocenters. The molecule has 1 radical (unpaired) electrons. The zero-order chi connectivity index (χ0) is 5.82. The molecule has 1 N–H and O–H groups in total. The van der Waals surface area contributed by atoms with E-state index < -0.39 is 0 Å². The molecule has 0 saturated heterocycles. The average molecular weight is 111 g/mol. The lowest BCUT2D eigenvalue weighted by Gasteiger charge is -1.87. The Labute approximate surface area is 47.7 Å². The zero-order valence-electron chi connectivity index (χ0n) is 4.42. The molecule has 0 atom stereocenters. The first kappa shape index (κ1) is 5.31. The maximum atomic E-state index is 4.55. The van der Waals surface area contributed by atoms with Gasteiger partial charge in [-0.05, 0) is 6.07 Å². The first-order chi connectivity index (χ1) is 3.93. The molecular formula is C5H7N2O. The van der Waals surface area contributed by atoms with Crippen molar-refractivity contribution >= 4 is 0 Å². The molecule has 0 spiro atoms. The zero-order valence-corrected chi connectivity index (χ0v) is 4.42. The lowest BCUT2D eigenvalue weighted by atomic mass is 10.5. The van der Waals surface area contributed by atoms with Crippen molar-refractivity contribution < 1.29 is 4.74 Å². The van der Waals surface area contributed by atoms with Crippen molar-refractivity contribution in [2.45, 2.75) is 6.61 Å². The Morgan fingerprint density at radius 3 is 3.25 bits per heavy atom. The third-order valence-electron chi connectivity index (χ3n) is 0.808. The predicted octanol–water partition coefficient (Wildman–Crippen LogP) is 0.718. The van der Waals surface area contributed by atoms with Gasteiger partial charge in [0.2, 0.25) is 0 Å². The summed E-state index contributed by atoms with van der Waals surface area (Å²) in [4.78, 5) is 0. The molecule has 0 amide bonds. The Morgan fingerprint density at radius 1 is 1.88 bits per heavy atom. The fraction of sp³-hybridized carbons (Fsp3) is 0.200. The summed E-state index contributed by atoms with van der Waals surface area (Å²) < 4.78 is 4.55. The van der Waals surface area contributed by atoms with Gasteiger partial charge in [-0.1, -0.05) is 0 Å². The highest BCUT2D eigenvalue weighted by molar-refractivity contribution is 4.94. The summed E-state index contributed by atoms with van der Waals surface area (Å²) in [6.07, 6.45) is 1.74. The predicted molar refractivity (Wildman–Crippen MR) is 28.7 cm³/mol. The largest absolute Gasteiger partial charge is 0.373 e. The van der Waals surface area contributed by atoms with Crippen molar-refractivity contribution in [3.63, 3.8) is 0 Å². The van der Waals surface area contributed by atoms with Crippen LogP contribution in [0.3, 0.4) is 0 Å². The molecule has 0 aliphatic carbocycles. The van der Waals surface area contributed by atoms with Gasteiger partial charge in [-0.25, -0.2) is 0 Å². The van der Waals surface area contributed by atoms with Crippen LogP contribution in [0.25, 0.3) is 0 Å². The number of hydrogen-bond acceptors (Lipinski definition) is 2. The number of aromatic nitrogens is 2. The molecule has 0 aliphatic heterocycles. The number of rotatable bonds is 2. The van der Waals surface area contributed by atoms with E-state index in [-0.39, 0.29) is 0 Å². The Kier molecular flexibility index (Phi) is 1.64. The van der Waals surface area contributed by atoms with Crippen LogP contribution < -0.4 is 0 Å². The summed E-state index contributed by atoms with van der Waals surface area (Å²) in [6, 6.07) is 1.84. The molecule has 0 fully saturated rings. The fourth-order valence-electron chi connectivity index (χ4n) is 0.476. The van der Waals surface area contributed by atoms with Crippen LogP contribution in [0.5, 0.6) is 0 Å². The maximum Gasteiger partial charge on any atom is 0.0907 e. The molecule has 3 heteroatoms. The normalized spacial score (nSPS) is 9.62. The van der Waals surface area contributed by atoms with E-state index in [2.05, 4.69) is 22.0 Å². The van der Waals surface area contributed by atoms with E-state index in [1.165, 1.54) is 0 Å². The molecule has 1 rings (SSSR count). The lowest BCUT2D eigenvalue weighted by Crippen LogP contribution is -1.84. The van der Waals surface area contributed by atoms with Crippen molar-refractivity contribution in [1.82, 2.24) is 10.2 Å². The highest BCUT2D eigenvalue weighted by Crippen LogP contribution is 1.91. The molecule has 0 saturated carbocycles. The van der Waals surface area contributed by atoms with Gasteiger partial charge in [0, 0.05) is 6.20 Å². The van der Waals surface area contributed by atoms with Gasteiger partial charge in [-0.2, -0.15) is 5.10 Å². The Balaban J connectivity index is 2.50. The Hall–Kier alpha value is -0.830. The van der Waals surface area contributed by atoms with E-state index in [4.69, 9.17) is 0 Å². The van der Waals surface area contributed by atoms with Crippen LogP contribution in [0.4, 0.5) is 0 Å². The topological polar surface area (TPSA) is 37.9 Å². The summed E-state index contributed by atoms with van der Waals surface area (Å²) in [5.41, 5.74) is 0.875. The SMILES string of the molecule is [CH2]OCc1cc[nH]n1. The van der Waals surface area contributed by atoms with Crippen molar-refractivity contribution in [2.24, 2.45) is 0 Å². The van der Waals surface area contributed by atoms with E-state index in [0.717, 1.165) is 5.69 Å². The van der Waals surface area contributed by atoms with Gasteiger partial charge >= 0.3 is 0 Å². The third-order valence-corrected chi connectivity index (χ3v) is 0.808. The smallest absolute Gasteiger partial charge is 0.0907 e. The average Bonchev–Trinajstić information content (AvgIpc) is 2.19. The number of nitrogens with one attached hydrogen (secondary N) is 1. The molecule has 1 heterocycles. The van der Waals surface area contributed by atoms with E-state index >= 15 is 0 Å². The molecule has 1 aromatic rings. The third kappa shape index (κ3) is 1.07. The number of ether oxygens (including phenoxy) is 1. The van der Waals surface area contributed by atoms with Crippen molar-refractivity contribution in [3.8, 4) is 0 Å². The minimum atomic E-state index is 0.476. The second-order valence-corrected chi connectivity index (χ2v) is 1.41. The standard InChI is InChI=1S/C5H7N2O/c1-8-4-5-2-3-6-7-5/h2-3H,1,4H2,(H,6,7). The van der Waals surface area contributed by atoms with Crippen LogP contribution in [0.15, 0.2) is 12.3 Å². The van der Waals surface area contributed by atoms with Crippen molar-refractivity contribution in [1.29, 1.82) is 0 Å². The van der Waals surface area contributed by atoms with E-state index in [1.54, 1.807) is 6.20 Å². The van der Waals surface area contributed by atoms with Crippen molar-refractivity contribution in [3.05, 3.63) is 25.1 Å². The fourth-order valence-corrected chi connectivity index (χ4v) is 0.476. The highest BCUT2D eigenvalue weighted by Gasteiger charge is 1.88. The lowest BCUT2D eigenvalue weighted by molar-refractivity contribution is 0.225. The van der Waals surface area contributed by atoms with Gasteiger partial charge in [0.1, 0.15) is 0 Å². The second kappa shape index (κ2) is 2.47. The molecule has 8 heavy (non-hydrogen) atoms. The summed E-state index contributed by atoms with van der Waals surface area (Å²) in [5.74, 6) is 0. The van der Waals surface area contributed by atoms with Crippen LogP contribution in [-0.2, 0) is 11.3 Å². The van der Waals surface area contributed by atoms with Gasteiger partial charge in [0.15, 0.2) is 0 Å². The summed E-state index contributed by atoms with van der Waals surface area (Å²) in [5, 5.41) is 6.47. The Morgan fingerprint density at radius 2 is 2.75 bits per heavy atom. The number of nitrogens with zero attached hydrogens (tertiary/aromatic N) is 1. The molecular weight excluding hydrogens is 104 g/mol. The van der Waals surface area contributed by atoms with Gasteiger partial charge < -0.3 is 4.74 Å². The molecule has 0 bridgehead atoms. The Bertz CT molecular complexity index is 136.